The summed E-state index contributed by atoms with van der Waals surface area (Å²) in [6.07, 6.45) is -17.7. The van der Waals surface area contributed by atoms with Gasteiger partial charge in [-0.1, -0.05) is 6.92 Å². The minimum Gasteiger partial charge on any atom is -0.453 e. The van der Waals surface area contributed by atoms with Gasteiger partial charge in [0, 0.05) is 12.6 Å². The van der Waals surface area contributed by atoms with Gasteiger partial charge in [0.1, 0.15) is 6.61 Å². The van der Waals surface area contributed by atoms with Crippen molar-refractivity contribution in [2.24, 2.45) is 0 Å². The van der Waals surface area contributed by atoms with Crippen LogP contribution in [0.5, 0.6) is 0 Å². The van der Waals surface area contributed by atoms with Crippen LogP contribution in [0.1, 0.15) is 53.6 Å². The Kier molecular flexibility index (Phi) is 9.59. The number of fused-ring (bicyclic) bond motifs is 1. The number of hydrogen-bond acceptors (Lipinski definition) is 5. The number of rotatable bonds is 6. The van der Waals surface area contributed by atoms with Gasteiger partial charge in [-0.2, -0.15) is 39.5 Å². The summed E-state index contributed by atoms with van der Waals surface area (Å²) in [6, 6.07) is 0.741. The van der Waals surface area contributed by atoms with Crippen molar-refractivity contribution in [2.75, 3.05) is 25.2 Å². The van der Waals surface area contributed by atoms with Crippen molar-refractivity contribution in [1.29, 1.82) is 0 Å². The molecule has 0 aliphatic carbocycles. The normalized spacial score (nSPS) is 17.5. The van der Waals surface area contributed by atoms with Crippen molar-refractivity contribution in [2.45, 2.75) is 56.9 Å². The summed E-state index contributed by atoms with van der Waals surface area (Å²) in [5, 5.41) is 9.02. The zero-order valence-corrected chi connectivity index (χ0v) is 22.0. The van der Waals surface area contributed by atoms with E-state index >= 15 is 0 Å². The first-order valence-electron chi connectivity index (χ1n) is 12.3. The molecular formula is C26H25F9N2O5. The van der Waals surface area contributed by atoms with E-state index in [1.54, 1.807) is 6.92 Å². The number of carbonyl (C=O) groups is 2. The Balaban J connectivity index is 2.22. The summed E-state index contributed by atoms with van der Waals surface area (Å²) in [5.41, 5.74) is -5.51. The summed E-state index contributed by atoms with van der Waals surface area (Å²) in [5.74, 6) is 0. The number of alkyl halides is 9. The van der Waals surface area contributed by atoms with E-state index in [0.717, 1.165) is 18.1 Å². The molecule has 1 aliphatic rings. The highest BCUT2D eigenvalue weighted by Gasteiger charge is 2.43. The smallest absolute Gasteiger partial charge is 0.416 e. The third kappa shape index (κ3) is 7.20. The Morgan fingerprint density at radius 2 is 1.50 bits per heavy atom. The van der Waals surface area contributed by atoms with E-state index in [9.17, 15) is 49.1 Å². The SMILES string of the molecule is CC[C@@H]1CC(N(Cc2cc(C(F)(F)F)cc(C(F)(F)F)c2)C(=O)OC)c2cc(C(F)(F)F)ccc2N1C(=O)OCCO. The topological polar surface area (TPSA) is 79.3 Å². The molecule has 7 nitrogen and oxygen atoms in total. The number of amides is 2. The number of halogens is 9. The van der Waals surface area contributed by atoms with Gasteiger partial charge < -0.3 is 14.6 Å². The molecule has 2 aromatic carbocycles. The molecule has 1 heterocycles. The minimum atomic E-state index is -5.19. The fraction of sp³-hybridized carbons (Fsp3) is 0.462. The van der Waals surface area contributed by atoms with Crippen LogP contribution in [0.15, 0.2) is 36.4 Å². The second kappa shape index (κ2) is 12.3. The standard InChI is InChI=1S/C26H25F9N2O5/c1-3-18-12-21(19-11-15(24(27,28)29)4-5-20(19)37(18)23(40)42-7-6-38)36(22(39)41-2)13-14-8-16(25(30,31)32)10-17(9-14)26(33,34)35/h4-5,8-11,18,21,38H,3,6-7,12-13H2,1-2H3/t18-,21?/m1/s1. The lowest BCUT2D eigenvalue weighted by atomic mass is 9.87. The zero-order chi connectivity index (χ0) is 31.6. The lowest BCUT2D eigenvalue weighted by Crippen LogP contribution is -2.49. The van der Waals surface area contributed by atoms with Gasteiger partial charge in [0.25, 0.3) is 0 Å². The first-order valence-corrected chi connectivity index (χ1v) is 12.3. The maximum absolute atomic E-state index is 13.7. The molecule has 2 aromatic rings. The van der Waals surface area contributed by atoms with E-state index in [0.29, 0.717) is 29.2 Å². The van der Waals surface area contributed by atoms with Crippen LogP contribution >= 0.6 is 0 Å². The van der Waals surface area contributed by atoms with Gasteiger partial charge in [-0.25, -0.2) is 9.59 Å². The van der Waals surface area contributed by atoms with Crippen molar-refractivity contribution < 1.29 is 63.7 Å². The van der Waals surface area contributed by atoms with Crippen molar-refractivity contribution in [1.82, 2.24) is 4.90 Å². The average Bonchev–Trinajstić information content (AvgIpc) is 2.91. The number of benzene rings is 2. The predicted octanol–water partition coefficient (Wildman–Crippen LogP) is 7.17. The first kappa shape index (κ1) is 32.8. The van der Waals surface area contributed by atoms with Gasteiger partial charge in [-0.05, 0) is 60.4 Å². The van der Waals surface area contributed by atoms with Crippen molar-refractivity contribution in [3.05, 3.63) is 64.2 Å². The number of ether oxygens (including phenoxy) is 2. The highest BCUT2D eigenvalue weighted by molar-refractivity contribution is 5.90. The second-order valence-corrected chi connectivity index (χ2v) is 9.30. The number of methoxy groups -OCH3 is 1. The molecule has 42 heavy (non-hydrogen) atoms. The monoisotopic (exact) mass is 616 g/mol. The molecular weight excluding hydrogens is 591 g/mol. The molecule has 0 spiro atoms. The van der Waals surface area contributed by atoms with Gasteiger partial charge in [-0.15, -0.1) is 0 Å². The minimum absolute atomic E-state index is 0.0967. The van der Waals surface area contributed by atoms with Crippen LogP contribution < -0.4 is 4.90 Å². The van der Waals surface area contributed by atoms with Gasteiger partial charge >= 0.3 is 30.7 Å². The summed E-state index contributed by atoms with van der Waals surface area (Å²) in [7, 11) is 0.883. The zero-order valence-electron chi connectivity index (χ0n) is 22.0. The molecule has 2 atom stereocenters. The molecule has 0 bridgehead atoms. The van der Waals surface area contributed by atoms with E-state index in [1.807, 2.05) is 0 Å². The number of carbonyl (C=O) groups excluding carboxylic acids is 2. The highest BCUT2D eigenvalue weighted by atomic mass is 19.4. The van der Waals surface area contributed by atoms with Crippen molar-refractivity contribution in [3.63, 3.8) is 0 Å². The molecule has 0 saturated heterocycles. The van der Waals surface area contributed by atoms with Gasteiger partial charge in [-0.3, -0.25) is 9.80 Å². The Hall–Kier alpha value is -3.69. The van der Waals surface area contributed by atoms with Crippen LogP contribution in [-0.2, 0) is 34.5 Å². The van der Waals surface area contributed by atoms with Gasteiger partial charge in [0.15, 0.2) is 0 Å². The third-order valence-electron chi connectivity index (χ3n) is 6.60. The molecule has 2 amide bonds. The fourth-order valence-electron chi connectivity index (χ4n) is 4.72. The van der Waals surface area contributed by atoms with Crippen LogP contribution in [0.2, 0.25) is 0 Å². The van der Waals surface area contributed by atoms with Crippen molar-refractivity contribution >= 4 is 17.9 Å². The third-order valence-corrected chi connectivity index (χ3v) is 6.60. The van der Waals surface area contributed by atoms with Gasteiger partial charge in [0.05, 0.1) is 42.1 Å². The second-order valence-electron chi connectivity index (χ2n) is 9.30. The summed E-state index contributed by atoms with van der Waals surface area (Å²) >= 11 is 0. The Bertz CT molecular complexity index is 1260. The van der Waals surface area contributed by atoms with Crippen LogP contribution in [0, 0.1) is 0 Å². The molecule has 0 radical (unpaired) electrons. The van der Waals surface area contributed by atoms with Gasteiger partial charge in [0.2, 0.25) is 0 Å². The van der Waals surface area contributed by atoms with Crippen LogP contribution in [0.4, 0.5) is 54.8 Å². The molecule has 0 fully saturated rings. The molecule has 3 rings (SSSR count). The van der Waals surface area contributed by atoms with E-state index in [2.05, 4.69) is 0 Å². The molecule has 1 N–H and O–H groups in total. The van der Waals surface area contributed by atoms with E-state index < -0.39 is 84.8 Å². The van der Waals surface area contributed by atoms with Crippen molar-refractivity contribution in [3.8, 4) is 0 Å². The van der Waals surface area contributed by atoms with E-state index in [4.69, 9.17) is 14.6 Å². The maximum Gasteiger partial charge on any atom is 0.416 e. The van der Waals surface area contributed by atoms with Crippen LogP contribution in [-0.4, -0.2) is 48.6 Å². The van der Waals surface area contributed by atoms with Crippen LogP contribution in [0.25, 0.3) is 0 Å². The van der Waals surface area contributed by atoms with E-state index in [1.165, 1.54) is 0 Å². The number of aliphatic hydroxyl groups is 1. The first-order chi connectivity index (χ1) is 19.4. The number of hydrogen-bond donors (Lipinski definition) is 1. The Labute approximate surface area is 233 Å². The lowest BCUT2D eigenvalue weighted by Gasteiger charge is -2.43. The molecule has 0 aromatic heterocycles. The number of anilines is 1. The number of nitrogens with zero attached hydrogens (tertiary/aromatic N) is 2. The highest BCUT2D eigenvalue weighted by Crippen LogP contribution is 2.45. The molecule has 232 valence electrons. The average molecular weight is 616 g/mol. The molecule has 16 heteroatoms. The van der Waals surface area contributed by atoms with Crippen LogP contribution in [0.3, 0.4) is 0 Å². The summed E-state index contributed by atoms with van der Waals surface area (Å²) in [4.78, 5) is 27.5. The Morgan fingerprint density at radius 1 is 0.929 bits per heavy atom. The Morgan fingerprint density at radius 3 is 1.98 bits per heavy atom. The molecule has 1 unspecified atom stereocenters. The molecule has 0 saturated carbocycles. The van der Waals surface area contributed by atoms with E-state index in [-0.39, 0.29) is 30.2 Å². The number of aliphatic hydroxyl groups excluding tert-OH is 1. The quantitative estimate of drug-likeness (QED) is 0.348. The predicted molar refractivity (Wildman–Crippen MR) is 128 cm³/mol. The summed E-state index contributed by atoms with van der Waals surface area (Å²) in [6.45, 7) is -0.290. The fourth-order valence-corrected chi connectivity index (χ4v) is 4.72. The lowest BCUT2D eigenvalue weighted by molar-refractivity contribution is -0.143. The summed E-state index contributed by atoms with van der Waals surface area (Å²) < 4.78 is 132. The largest absolute Gasteiger partial charge is 0.453 e. The maximum atomic E-state index is 13.7. The molecule has 1 aliphatic heterocycles.